The molecule has 90 valence electrons. The zero-order valence-corrected chi connectivity index (χ0v) is 9.94. The van der Waals surface area contributed by atoms with Crippen molar-refractivity contribution in [1.82, 2.24) is 20.4 Å². The molecule has 1 aliphatic heterocycles. The highest BCUT2D eigenvalue weighted by Crippen LogP contribution is 2.17. The molecular weight excluding hydrogens is 216 g/mol. The standard InChI is InChI=1S/C12H16N4O/c1-9-11-6-10(7-14-12(11)17-15-9)8-16-4-2-13-3-5-16/h6-7,13H,2-5,8H2,1H3. The molecule has 0 atom stereocenters. The quantitative estimate of drug-likeness (QED) is 0.835. The van der Waals surface area contributed by atoms with E-state index in [1.54, 1.807) is 0 Å². The van der Waals surface area contributed by atoms with E-state index in [0.29, 0.717) is 5.71 Å². The fourth-order valence-electron chi connectivity index (χ4n) is 2.20. The second-order valence-corrected chi connectivity index (χ2v) is 4.49. The van der Waals surface area contributed by atoms with Gasteiger partial charge in [0.25, 0.3) is 5.71 Å². The molecule has 5 heteroatoms. The maximum absolute atomic E-state index is 5.11. The van der Waals surface area contributed by atoms with E-state index in [2.05, 4.69) is 26.4 Å². The first-order valence-corrected chi connectivity index (χ1v) is 5.97. The number of rotatable bonds is 2. The van der Waals surface area contributed by atoms with Crippen LogP contribution in [0.25, 0.3) is 11.1 Å². The molecule has 2 aromatic heterocycles. The number of aromatic nitrogens is 2. The number of pyridine rings is 1. The summed E-state index contributed by atoms with van der Waals surface area (Å²) in [6.45, 7) is 7.24. The van der Waals surface area contributed by atoms with E-state index in [0.717, 1.165) is 43.8 Å². The van der Waals surface area contributed by atoms with Crippen LogP contribution in [0.4, 0.5) is 0 Å². The minimum atomic E-state index is 0.631. The van der Waals surface area contributed by atoms with Crippen LogP contribution in [-0.2, 0) is 6.54 Å². The Balaban J connectivity index is 1.82. The minimum absolute atomic E-state index is 0.631. The maximum atomic E-state index is 5.11. The smallest absolute Gasteiger partial charge is 0.257 e. The molecule has 0 amide bonds. The maximum Gasteiger partial charge on any atom is 0.257 e. The summed E-state index contributed by atoms with van der Waals surface area (Å²) < 4.78 is 5.11. The second kappa shape index (κ2) is 4.43. The second-order valence-electron chi connectivity index (χ2n) is 4.49. The number of hydrogen-bond acceptors (Lipinski definition) is 5. The van der Waals surface area contributed by atoms with Gasteiger partial charge in [0.2, 0.25) is 0 Å². The lowest BCUT2D eigenvalue weighted by Crippen LogP contribution is -2.42. The van der Waals surface area contributed by atoms with E-state index in [9.17, 15) is 0 Å². The molecule has 1 fully saturated rings. The van der Waals surface area contributed by atoms with Gasteiger partial charge in [-0.25, -0.2) is 4.98 Å². The Hall–Kier alpha value is -1.46. The van der Waals surface area contributed by atoms with Gasteiger partial charge in [-0.15, -0.1) is 0 Å². The van der Waals surface area contributed by atoms with Crippen LogP contribution >= 0.6 is 0 Å². The molecule has 0 aromatic carbocycles. The zero-order valence-electron chi connectivity index (χ0n) is 9.94. The lowest BCUT2D eigenvalue weighted by molar-refractivity contribution is 0.233. The van der Waals surface area contributed by atoms with Gasteiger partial charge in [0.15, 0.2) is 0 Å². The molecule has 3 rings (SSSR count). The number of aryl methyl sites for hydroxylation is 1. The van der Waals surface area contributed by atoms with Crippen molar-refractivity contribution in [3.8, 4) is 0 Å². The molecule has 1 saturated heterocycles. The lowest BCUT2D eigenvalue weighted by Gasteiger charge is -2.26. The molecule has 1 aliphatic rings. The summed E-state index contributed by atoms with van der Waals surface area (Å²) in [6.07, 6.45) is 1.88. The highest BCUT2D eigenvalue weighted by atomic mass is 16.5. The molecular formula is C12H16N4O. The number of nitrogens with one attached hydrogen (secondary N) is 1. The third-order valence-corrected chi connectivity index (χ3v) is 3.18. The number of nitrogens with zero attached hydrogens (tertiary/aromatic N) is 3. The van der Waals surface area contributed by atoms with Crippen LogP contribution < -0.4 is 5.32 Å². The van der Waals surface area contributed by atoms with E-state index in [1.807, 2.05) is 13.1 Å². The third kappa shape index (κ3) is 2.16. The van der Waals surface area contributed by atoms with Crippen LogP contribution in [0.15, 0.2) is 16.8 Å². The first kappa shape index (κ1) is 10.7. The van der Waals surface area contributed by atoms with Crippen LogP contribution in [0.5, 0.6) is 0 Å². The highest BCUT2D eigenvalue weighted by molar-refractivity contribution is 5.75. The van der Waals surface area contributed by atoms with Crippen molar-refractivity contribution in [2.45, 2.75) is 13.5 Å². The van der Waals surface area contributed by atoms with Gasteiger partial charge < -0.3 is 9.84 Å². The van der Waals surface area contributed by atoms with Gasteiger partial charge in [0, 0.05) is 38.9 Å². The van der Waals surface area contributed by atoms with E-state index < -0.39 is 0 Å². The summed E-state index contributed by atoms with van der Waals surface area (Å²) in [5.41, 5.74) is 2.77. The molecule has 0 aliphatic carbocycles. The van der Waals surface area contributed by atoms with Crippen LogP contribution in [-0.4, -0.2) is 41.2 Å². The van der Waals surface area contributed by atoms with E-state index in [4.69, 9.17) is 4.52 Å². The summed E-state index contributed by atoms with van der Waals surface area (Å²) in [5, 5.41) is 8.30. The molecule has 3 heterocycles. The van der Waals surface area contributed by atoms with Gasteiger partial charge in [-0.2, -0.15) is 0 Å². The first-order chi connectivity index (χ1) is 8.33. The SMILES string of the molecule is Cc1noc2ncc(CN3CCNCC3)cc12. The highest BCUT2D eigenvalue weighted by Gasteiger charge is 2.12. The van der Waals surface area contributed by atoms with Crippen molar-refractivity contribution in [3.63, 3.8) is 0 Å². The Kier molecular flexibility index (Phi) is 2.78. The Morgan fingerprint density at radius 3 is 3.06 bits per heavy atom. The number of hydrogen-bond donors (Lipinski definition) is 1. The Bertz CT molecular complexity index is 516. The third-order valence-electron chi connectivity index (χ3n) is 3.18. The van der Waals surface area contributed by atoms with Crippen molar-refractivity contribution in [1.29, 1.82) is 0 Å². The molecule has 1 N–H and O–H groups in total. The van der Waals surface area contributed by atoms with Crippen molar-refractivity contribution in [3.05, 3.63) is 23.5 Å². The summed E-state index contributed by atoms with van der Waals surface area (Å²) in [5.74, 6) is 0. The van der Waals surface area contributed by atoms with Crippen LogP contribution in [0.1, 0.15) is 11.3 Å². The predicted octanol–water partition coefficient (Wildman–Crippen LogP) is 0.936. The summed E-state index contributed by atoms with van der Waals surface area (Å²) in [6, 6.07) is 2.14. The Morgan fingerprint density at radius 1 is 1.41 bits per heavy atom. The van der Waals surface area contributed by atoms with Crippen molar-refractivity contribution in [2.75, 3.05) is 26.2 Å². The van der Waals surface area contributed by atoms with Gasteiger partial charge in [0.1, 0.15) is 0 Å². The predicted molar refractivity (Wildman–Crippen MR) is 64.7 cm³/mol. The average molecular weight is 232 g/mol. The summed E-state index contributed by atoms with van der Waals surface area (Å²) in [7, 11) is 0. The lowest BCUT2D eigenvalue weighted by atomic mass is 10.2. The molecule has 0 saturated carbocycles. The van der Waals surface area contributed by atoms with Crippen molar-refractivity contribution < 1.29 is 4.52 Å². The monoisotopic (exact) mass is 232 g/mol. The molecule has 5 nitrogen and oxygen atoms in total. The van der Waals surface area contributed by atoms with Gasteiger partial charge in [-0.3, -0.25) is 4.90 Å². The first-order valence-electron chi connectivity index (χ1n) is 5.97. The van der Waals surface area contributed by atoms with Gasteiger partial charge in [-0.05, 0) is 18.6 Å². The minimum Gasteiger partial charge on any atom is -0.336 e. The molecule has 0 spiro atoms. The van der Waals surface area contributed by atoms with Gasteiger partial charge >= 0.3 is 0 Å². The largest absolute Gasteiger partial charge is 0.336 e. The molecule has 17 heavy (non-hydrogen) atoms. The van der Waals surface area contributed by atoms with Crippen molar-refractivity contribution >= 4 is 11.1 Å². The van der Waals surface area contributed by atoms with E-state index in [-0.39, 0.29) is 0 Å². The fourth-order valence-corrected chi connectivity index (χ4v) is 2.20. The number of piperazine rings is 1. The normalized spacial score (nSPS) is 17.7. The molecule has 0 bridgehead atoms. The average Bonchev–Trinajstić information content (AvgIpc) is 2.73. The van der Waals surface area contributed by atoms with E-state index in [1.165, 1.54) is 5.56 Å². The Morgan fingerprint density at radius 2 is 2.24 bits per heavy atom. The zero-order chi connectivity index (χ0) is 11.7. The molecule has 2 aromatic rings. The van der Waals surface area contributed by atoms with Gasteiger partial charge in [-0.1, -0.05) is 5.16 Å². The fraction of sp³-hybridized carbons (Fsp3) is 0.500. The van der Waals surface area contributed by atoms with Gasteiger partial charge in [0.05, 0.1) is 11.1 Å². The topological polar surface area (TPSA) is 54.2 Å². The summed E-state index contributed by atoms with van der Waals surface area (Å²) >= 11 is 0. The Labute approximate surface area is 99.8 Å². The molecule has 0 unspecified atom stereocenters. The number of fused-ring (bicyclic) bond motifs is 1. The van der Waals surface area contributed by atoms with Crippen molar-refractivity contribution in [2.24, 2.45) is 0 Å². The van der Waals surface area contributed by atoms with Crippen LogP contribution in [0, 0.1) is 6.92 Å². The van der Waals surface area contributed by atoms with Crippen LogP contribution in [0.3, 0.4) is 0 Å². The van der Waals surface area contributed by atoms with E-state index >= 15 is 0 Å². The molecule has 0 radical (unpaired) electrons. The summed E-state index contributed by atoms with van der Waals surface area (Å²) in [4.78, 5) is 6.73. The van der Waals surface area contributed by atoms with Crippen LogP contribution in [0.2, 0.25) is 0 Å².